The molecular weight excluding hydrogens is 540 g/mol. The molecule has 10 atom stereocenters. The summed E-state index contributed by atoms with van der Waals surface area (Å²) in [5, 5.41) is 24.7. The van der Waals surface area contributed by atoms with Gasteiger partial charge >= 0.3 is 18.0 Å². The number of carbonyl (C=O) groups excluding carboxylic acids is 1. The Balaban J connectivity index is 1.25. The Morgan fingerprint density at radius 2 is 1.58 bits per heavy atom. The van der Waals surface area contributed by atoms with E-state index in [-0.39, 0.29) is 27.8 Å². The number of benzene rings is 1. The van der Waals surface area contributed by atoms with Crippen molar-refractivity contribution in [1.82, 2.24) is 10.6 Å². The number of allylic oxidation sites excluding steroid dienone is 2. The molecule has 0 aliphatic heterocycles. The molecule has 1 aromatic rings. The first-order valence-electron chi connectivity index (χ1n) is 16.6. The third kappa shape index (κ3) is 4.46. The summed E-state index contributed by atoms with van der Waals surface area (Å²) in [6.45, 7) is 11.7. The fraction of sp³-hybridized carbons (Fsp3) is 0.694. The van der Waals surface area contributed by atoms with Crippen LogP contribution in [0.3, 0.4) is 0 Å². The Labute approximate surface area is 256 Å². The summed E-state index contributed by atoms with van der Waals surface area (Å²) in [5.74, 6) is 0.751. The average molecular weight is 591 g/mol. The number of aromatic carboxylic acids is 1. The van der Waals surface area contributed by atoms with Crippen molar-refractivity contribution in [2.24, 2.45) is 45.8 Å². The summed E-state index contributed by atoms with van der Waals surface area (Å²) in [6.07, 6.45) is 13.7. The Morgan fingerprint density at radius 3 is 2.26 bits per heavy atom. The van der Waals surface area contributed by atoms with Gasteiger partial charge in [0.2, 0.25) is 0 Å². The molecule has 0 spiro atoms. The number of aliphatic carboxylic acids is 1. The highest BCUT2D eigenvalue weighted by atomic mass is 16.4. The fourth-order valence-corrected chi connectivity index (χ4v) is 11.7. The lowest BCUT2D eigenvalue weighted by Crippen LogP contribution is -2.68. The van der Waals surface area contributed by atoms with Gasteiger partial charge in [0.15, 0.2) is 0 Å². The predicted octanol–water partition coefficient (Wildman–Crippen LogP) is 7.37. The molecule has 7 nitrogen and oxygen atoms in total. The van der Waals surface area contributed by atoms with E-state index in [0.29, 0.717) is 35.2 Å². The molecule has 9 unspecified atom stereocenters. The van der Waals surface area contributed by atoms with Crippen LogP contribution in [0.25, 0.3) is 5.57 Å². The van der Waals surface area contributed by atoms with Crippen LogP contribution < -0.4 is 10.6 Å². The van der Waals surface area contributed by atoms with Crippen molar-refractivity contribution < 1.29 is 24.6 Å². The van der Waals surface area contributed by atoms with Crippen LogP contribution in [0.5, 0.6) is 0 Å². The lowest BCUT2D eigenvalue weighted by molar-refractivity contribution is -0.210. The number of carboxylic acids is 2. The standard InChI is InChI=1S/C36H50N2O5/c1-21-25(23-8-10-24(11-9-23)31(41)42)14-17-33(3)26(21)15-18-35(5)29(33)13-12-27-28-7-6-16-36(28,20-19-34(27,35)4)38-32(43)37-22(2)30(39)40/h8-11,14,21-22,26-29H,6-7,12-13,15-20H2,1-5H3,(H,39,40)(H,41,42)(H2,37,38,43)/t21?,22?,26?,27?,28?,29?,33?,34-,35?,36?/m1/s1. The van der Waals surface area contributed by atoms with E-state index in [2.05, 4.69) is 44.4 Å². The molecule has 0 aromatic heterocycles. The van der Waals surface area contributed by atoms with Crippen molar-refractivity contribution in [3.8, 4) is 0 Å². The molecule has 4 saturated carbocycles. The van der Waals surface area contributed by atoms with Gasteiger partial charge in [-0.25, -0.2) is 9.59 Å². The Hall–Kier alpha value is -2.83. The van der Waals surface area contributed by atoms with Crippen LogP contribution in [-0.4, -0.2) is 39.8 Å². The minimum atomic E-state index is -1.02. The molecule has 234 valence electrons. The van der Waals surface area contributed by atoms with E-state index in [1.165, 1.54) is 38.2 Å². The van der Waals surface area contributed by atoms with Crippen LogP contribution in [0.4, 0.5) is 4.79 Å². The fourth-order valence-electron chi connectivity index (χ4n) is 11.7. The molecule has 5 aliphatic rings. The predicted molar refractivity (Wildman–Crippen MR) is 166 cm³/mol. The molecular formula is C36H50N2O5. The second-order valence-corrected chi connectivity index (χ2v) is 15.6. The molecule has 1 aromatic carbocycles. The second kappa shape index (κ2) is 10.4. The lowest BCUT2D eigenvalue weighted by atomic mass is 9.34. The highest BCUT2D eigenvalue weighted by molar-refractivity contribution is 5.88. The number of amides is 2. The first-order valence-corrected chi connectivity index (χ1v) is 16.6. The minimum Gasteiger partial charge on any atom is -0.480 e. The van der Waals surface area contributed by atoms with Gasteiger partial charge in [0, 0.05) is 5.54 Å². The van der Waals surface area contributed by atoms with Gasteiger partial charge in [-0.15, -0.1) is 0 Å². The van der Waals surface area contributed by atoms with Gasteiger partial charge in [-0.05, 0) is 134 Å². The van der Waals surface area contributed by atoms with Crippen LogP contribution in [0.15, 0.2) is 30.3 Å². The van der Waals surface area contributed by atoms with Gasteiger partial charge in [-0.3, -0.25) is 4.79 Å². The maximum atomic E-state index is 13.0. The zero-order valence-corrected chi connectivity index (χ0v) is 26.5. The van der Waals surface area contributed by atoms with Crippen LogP contribution in [0.2, 0.25) is 0 Å². The molecule has 2 amide bonds. The zero-order chi connectivity index (χ0) is 30.9. The first kappa shape index (κ1) is 30.2. The number of fused-ring (bicyclic) bond motifs is 7. The number of hydrogen-bond donors (Lipinski definition) is 4. The molecule has 7 heteroatoms. The van der Waals surface area contributed by atoms with Gasteiger partial charge in [-0.1, -0.05) is 52.3 Å². The van der Waals surface area contributed by atoms with Gasteiger partial charge < -0.3 is 20.8 Å². The molecule has 6 rings (SSSR count). The molecule has 43 heavy (non-hydrogen) atoms. The summed E-state index contributed by atoms with van der Waals surface area (Å²) in [5.41, 5.74) is 3.28. The summed E-state index contributed by atoms with van der Waals surface area (Å²) in [4.78, 5) is 35.7. The molecule has 4 N–H and O–H groups in total. The van der Waals surface area contributed by atoms with Gasteiger partial charge in [0.25, 0.3) is 0 Å². The summed E-state index contributed by atoms with van der Waals surface area (Å²) in [7, 11) is 0. The molecule has 0 radical (unpaired) electrons. The Morgan fingerprint density at radius 1 is 0.860 bits per heavy atom. The van der Waals surface area contributed by atoms with Crippen LogP contribution in [-0.2, 0) is 4.79 Å². The van der Waals surface area contributed by atoms with Gasteiger partial charge in [-0.2, -0.15) is 0 Å². The van der Waals surface area contributed by atoms with Crippen molar-refractivity contribution in [2.75, 3.05) is 0 Å². The van der Waals surface area contributed by atoms with Crippen LogP contribution in [0.1, 0.15) is 115 Å². The summed E-state index contributed by atoms with van der Waals surface area (Å²) < 4.78 is 0. The third-order valence-corrected chi connectivity index (χ3v) is 14.1. The Bertz CT molecular complexity index is 1340. The lowest BCUT2D eigenvalue weighted by Gasteiger charge is -2.71. The largest absolute Gasteiger partial charge is 0.480 e. The van der Waals surface area contributed by atoms with E-state index in [1.54, 1.807) is 12.1 Å². The second-order valence-electron chi connectivity index (χ2n) is 15.6. The molecule has 4 fully saturated rings. The van der Waals surface area contributed by atoms with E-state index in [0.717, 1.165) is 44.1 Å². The zero-order valence-electron chi connectivity index (χ0n) is 26.5. The van der Waals surface area contributed by atoms with Crippen LogP contribution >= 0.6 is 0 Å². The topological polar surface area (TPSA) is 116 Å². The third-order valence-electron chi connectivity index (χ3n) is 14.1. The van der Waals surface area contributed by atoms with E-state index in [1.807, 2.05) is 12.1 Å². The van der Waals surface area contributed by atoms with Crippen molar-refractivity contribution >= 4 is 23.5 Å². The van der Waals surface area contributed by atoms with E-state index >= 15 is 0 Å². The summed E-state index contributed by atoms with van der Waals surface area (Å²) >= 11 is 0. The summed E-state index contributed by atoms with van der Waals surface area (Å²) in [6, 6.07) is 6.19. The highest BCUT2D eigenvalue weighted by Crippen LogP contribution is 2.75. The van der Waals surface area contributed by atoms with E-state index in [9.17, 15) is 24.6 Å². The van der Waals surface area contributed by atoms with Crippen molar-refractivity contribution in [2.45, 2.75) is 110 Å². The number of rotatable bonds is 5. The quantitative estimate of drug-likeness (QED) is 0.286. The van der Waals surface area contributed by atoms with Crippen molar-refractivity contribution in [3.05, 3.63) is 41.5 Å². The van der Waals surface area contributed by atoms with Crippen molar-refractivity contribution in [3.63, 3.8) is 0 Å². The normalized spacial score (nSPS) is 42.3. The molecule has 0 bridgehead atoms. The first-order chi connectivity index (χ1) is 20.3. The van der Waals surface area contributed by atoms with Crippen LogP contribution in [0, 0.1) is 45.8 Å². The number of carbonyl (C=O) groups is 3. The van der Waals surface area contributed by atoms with Gasteiger partial charge in [0.05, 0.1) is 5.56 Å². The van der Waals surface area contributed by atoms with E-state index in [4.69, 9.17) is 0 Å². The number of hydrogen-bond acceptors (Lipinski definition) is 3. The number of nitrogens with one attached hydrogen (secondary N) is 2. The van der Waals surface area contributed by atoms with Gasteiger partial charge in [0.1, 0.15) is 6.04 Å². The van der Waals surface area contributed by atoms with Crippen molar-refractivity contribution in [1.29, 1.82) is 0 Å². The minimum absolute atomic E-state index is 0.203. The number of carboxylic acid groups (broad SMARTS) is 2. The van der Waals surface area contributed by atoms with E-state index < -0.39 is 18.0 Å². The molecule has 5 aliphatic carbocycles. The highest BCUT2D eigenvalue weighted by Gasteiger charge is 2.68. The smallest absolute Gasteiger partial charge is 0.335 e. The molecule has 0 heterocycles. The Kier molecular flexibility index (Phi) is 7.29. The maximum absolute atomic E-state index is 13.0. The average Bonchev–Trinajstić information content (AvgIpc) is 3.37. The maximum Gasteiger partial charge on any atom is 0.335 e. The monoisotopic (exact) mass is 590 g/mol. The molecule has 0 saturated heterocycles. The number of urea groups is 1. The SMILES string of the molecule is CC(NC(=O)NC12CCCC1C1CCC3C4(C)CC=C(c5ccc(C(=O)O)cc5)C(C)C4CCC3(C)[C@]1(C)CC2)C(=O)O.